The maximum absolute atomic E-state index is 12.7. The SMILES string of the molecule is CCNC1CCCCCC1S(=O)CC1CCCC1. The average Bonchev–Trinajstić information content (AvgIpc) is 2.74. The molecule has 0 bridgehead atoms. The van der Waals surface area contributed by atoms with Crippen LogP contribution in [0.2, 0.25) is 0 Å². The van der Waals surface area contributed by atoms with Crippen molar-refractivity contribution >= 4 is 10.8 Å². The molecule has 2 aliphatic rings. The number of hydrogen-bond acceptors (Lipinski definition) is 2. The normalized spacial score (nSPS) is 32.3. The first-order valence-corrected chi connectivity index (χ1v) is 9.30. The lowest BCUT2D eigenvalue weighted by Crippen LogP contribution is -2.42. The highest BCUT2D eigenvalue weighted by atomic mass is 32.2. The van der Waals surface area contributed by atoms with Crippen molar-refractivity contribution < 1.29 is 4.21 Å². The molecule has 106 valence electrons. The minimum absolute atomic E-state index is 0.424. The molecule has 0 radical (unpaired) electrons. The Morgan fingerprint density at radius 3 is 2.39 bits per heavy atom. The molecule has 0 aromatic rings. The van der Waals surface area contributed by atoms with E-state index >= 15 is 0 Å². The van der Waals surface area contributed by atoms with Crippen LogP contribution in [0.4, 0.5) is 0 Å². The third kappa shape index (κ3) is 4.06. The van der Waals surface area contributed by atoms with Crippen molar-refractivity contribution in [2.75, 3.05) is 12.3 Å². The lowest BCUT2D eigenvalue weighted by atomic mass is 10.1. The van der Waals surface area contributed by atoms with Gasteiger partial charge in [-0.1, -0.05) is 39.0 Å². The molecule has 0 amide bonds. The maximum Gasteiger partial charge on any atom is 0.0501 e. The zero-order valence-electron chi connectivity index (χ0n) is 11.8. The number of hydrogen-bond donors (Lipinski definition) is 1. The fourth-order valence-corrected chi connectivity index (χ4v) is 5.69. The predicted octanol–water partition coefficient (Wildman–Crippen LogP) is 3.24. The summed E-state index contributed by atoms with van der Waals surface area (Å²) in [5.41, 5.74) is 0. The molecule has 2 aliphatic carbocycles. The molecule has 3 heteroatoms. The van der Waals surface area contributed by atoms with E-state index in [1.165, 1.54) is 57.8 Å². The second-order valence-electron chi connectivity index (χ2n) is 6.04. The highest BCUT2D eigenvalue weighted by Crippen LogP contribution is 2.29. The van der Waals surface area contributed by atoms with Crippen LogP contribution in [0.1, 0.15) is 64.7 Å². The molecule has 0 aliphatic heterocycles. The van der Waals surface area contributed by atoms with Gasteiger partial charge in [0.25, 0.3) is 0 Å². The minimum atomic E-state index is -0.601. The highest BCUT2D eigenvalue weighted by Gasteiger charge is 2.29. The van der Waals surface area contributed by atoms with E-state index in [0.717, 1.165) is 18.2 Å². The van der Waals surface area contributed by atoms with Crippen LogP contribution in [0.25, 0.3) is 0 Å². The van der Waals surface area contributed by atoms with Crippen LogP contribution in [0.3, 0.4) is 0 Å². The molecule has 0 spiro atoms. The molecular formula is C15H29NOS. The van der Waals surface area contributed by atoms with Crippen LogP contribution in [-0.2, 0) is 10.8 Å². The summed E-state index contributed by atoms with van der Waals surface area (Å²) in [5, 5.41) is 4.01. The van der Waals surface area contributed by atoms with E-state index in [2.05, 4.69) is 12.2 Å². The van der Waals surface area contributed by atoms with Crippen molar-refractivity contribution in [2.45, 2.75) is 76.0 Å². The van der Waals surface area contributed by atoms with Gasteiger partial charge in [0.15, 0.2) is 0 Å². The van der Waals surface area contributed by atoms with E-state index < -0.39 is 10.8 Å². The lowest BCUT2D eigenvalue weighted by molar-refractivity contribution is 0.472. The molecule has 3 atom stereocenters. The van der Waals surface area contributed by atoms with Gasteiger partial charge in [0, 0.05) is 22.6 Å². The van der Waals surface area contributed by atoms with Crippen molar-refractivity contribution in [1.82, 2.24) is 5.32 Å². The van der Waals surface area contributed by atoms with Crippen LogP contribution in [0.15, 0.2) is 0 Å². The molecule has 0 heterocycles. The van der Waals surface area contributed by atoms with Crippen molar-refractivity contribution in [2.24, 2.45) is 5.92 Å². The monoisotopic (exact) mass is 271 g/mol. The summed E-state index contributed by atoms with van der Waals surface area (Å²) in [6.07, 6.45) is 11.7. The van der Waals surface area contributed by atoms with E-state index in [9.17, 15) is 4.21 Å². The molecule has 0 aromatic carbocycles. The second-order valence-corrected chi connectivity index (χ2v) is 7.74. The predicted molar refractivity (Wildman–Crippen MR) is 79.3 cm³/mol. The van der Waals surface area contributed by atoms with Gasteiger partial charge in [-0.05, 0) is 38.1 Å². The van der Waals surface area contributed by atoms with E-state index in [4.69, 9.17) is 0 Å². The van der Waals surface area contributed by atoms with Crippen LogP contribution in [0, 0.1) is 5.92 Å². The van der Waals surface area contributed by atoms with Gasteiger partial charge in [-0.25, -0.2) is 0 Å². The minimum Gasteiger partial charge on any atom is -0.313 e. The summed E-state index contributed by atoms with van der Waals surface area (Å²) in [5.74, 6) is 1.74. The quantitative estimate of drug-likeness (QED) is 0.778. The molecule has 3 unspecified atom stereocenters. The van der Waals surface area contributed by atoms with Crippen molar-refractivity contribution in [3.8, 4) is 0 Å². The first-order valence-electron chi connectivity index (χ1n) is 7.91. The first-order chi connectivity index (χ1) is 8.81. The Hall–Kier alpha value is 0.110. The summed E-state index contributed by atoms with van der Waals surface area (Å²) in [7, 11) is -0.601. The summed E-state index contributed by atoms with van der Waals surface area (Å²) in [6, 6.07) is 0.514. The van der Waals surface area contributed by atoms with E-state index in [1.54, 1.807) is 0 Å². The number of rotatable bonds is 5. The van der Waals surface area contributed by atoms with Crippen LogP contribution in [-0.4, -0.2) is 27.8 Å². The average molecular weight is 271 g/mol. The Morgan fingerprint density at radius 2 is 1.67 bits per heavy atom. The van der Waals surface area contributed by atoms with Crippen molar-refractivity contribution in [3.05, 3.63) is 0 Å². The largest absolute Gasteiger partial charge is 0.313 e. The maximum atomic E-state index is 12.7. The van der Waals surface area contributed by atoms with Gasteiger partial charge >= 0.3 is 0 Å². The van der Waals surface area contributed by atoms with Gasteiger partial charge in [-0.15, -0.1) is 0 Å². The standard InChI is InChI=1S/C15H29NOS/c1-2-16-14-10-4-3-5-11-15(14)18(17)12-13-8-6-7-9-13/h13-16H,2-12H2,1H3. The third-order valence-corrected chi connectivity index (χ3v) is 6.67. The topological polar surface area (TPSA) is 29.1 Å². The highest BCUT2D eigenvalue weighted by molar-refractivity contribution is 7.85. The van der Waals surface area contributed by atoms with Crippen LogP contribution >= 0.6 is 0 Å². The smallest absolute Gasteiger partial charge is 0.0501 e. The van der Waals surface area contributed by atoms with Gasteiger partial charge in [0.2, 0.25) is 0 Å². The molecule has 1 N–H and O–H groups in total. The van der Waals surface area contributed by atoms with Crippen molar-refractivity contribution in [3.63, 3.8) is 0 Å². The van der Waals surface area contributed by atoms with Gasteiger partial charge < -0.3 is 5.32 Å². The molecule has 0 aromatic heterocycles. The van der Waals surface area contributed by atoms with Crippen LogP contribution < -0.4 is 5.32 Å². The Bertz CT molecular complexity index is 263. The fourth-order valence-electron chi connectivity index (χ4n) is 3.62. The molecule has 2 fully saturated rings. The Kier molecular flexibility index (Phi) is 6.16. The van der Waals surface area contributed by atoms with Gasteiger partial charge in [0.05, 0.1) is 5.25 Å². The van der Waals surface area contributed by atoms with Gasteiger partial charge in [-0.2, -0.15) is 0 Å². The Balaban J connectivity index is 1.90. The Labute approximate surface area is 115 Å². The molecule has 2 nitrogen and oxygen atoms in total. The van der Waals surface area contributed by atoms with E-state index in [1.807, 2.05) is 0 Å². The van der Waals surface area contributed by atoms with Gasteiger partial charge in [0.1, 0.15) is 0 Å². The summed E-state index contributed by atoms with van der Waals surface area (Å²) < 4.78 is 12.7. The molecule has 2 rings (SSSR count). The Morgan fingerprint density at radius 1 is 1.00 bits per heavy atom. The first kappa shape index (κ1) is 14.5. The fraction of sp³-hybridized carbons (Fsp3) is 1.00. The molecule has 0 saturated heterocycles. The summed E-state index contributed by atoms with van der Waals surface area (Å²) in [4.78, 5) is 0. The van der Waals surface area contributed by atoms with E-state index in [-0.39, 0.29) is 0 Å². The lowest BCUT2D eigenvalue weighted by Gasteiger charge is -2.26. The third-order valence-electron chi connectivity index (χ3n) is 4.63. The molecule has 18 heavy (non-hydrogen) atoms. The summed E-state index contributed by atoms with van der Waals surface area (Å²) in [6.45, 7) is 3.18. The number of nitrogens with one attached hydrogen (secondary N) is 1. The second kappa shape index (κ2) is 7.64. The van der Waals surface area contributed by atoms with E-state index in [0.29, 0.717) is 11.3 Å². The zero-order chi connectivity index (χ0) is 12.8. The molecule has 2 saturated carbocycles. The van der Waals surface area contributed by atoms with Gasteiger partial charge in [-0.3, -0.25) is 4.21 Å². The molecular weight excluding hydrogens is 242 g/mol. The van der Waals surface area contributed by atoms with Crippen LogP contribution in [0.5, 0.6) is 0 Å². The van der Waals surface area contributed by atoms with Crippen molar-refractivity contribution in [1.29, 1.82) is 0 Å². The zero-order valence-corrected chi connectivity index (χ0v) is 12.6. The summed E-state index contributed by atoms with van der Waals surface area (Å²) >= 11 is 0.